The van der Waals surface area contributed by atoms with Gasteiger partial charge in [-0.1, -0.05) is 33.1 Å². The van der Waals surface area contributed by atoms with E-state index in [4.69, 9.17) is 0 Å². The van der Waals surface area contributed by atoms with Crippen LogP contribution in [0.25, 0.3) is 0 Å². The summed E-state index contributed by atoms with van der Waals surface area (Å²) in [5, 5.41) is 2.03. The van der Waals surface area contributed by atoms with Crippen LogP contribution in [0.15, 0.2) is 11.4 Å². The van der Waals surface area contributed by atoms with Crippen LogP contribution in [0.3, 0.4) is 0 Å². The fourth-order valence-electron chi connectivity index (χ4n) is 1.68. The highest BCUT2D eigenvalue weighted by Crippen LogP contribution is 2.20. The molecule has 1 aromatic rings. The molecule has 0 fully saturated rings. The predicted octanol–water partition coefficient (Wildman–Crippen LogP) is 4.46. The van der Waals surface area contributed by atoms with Gasteiger partial charge in [-0.25, -0.2) is 0 Å². The number of hydrogen-bond donors (Lipinski definition) is 0. The summed E-state index contributed by atoms with van der Waals surface area (Å²) < 4.78 is 0. The van der Waals surface area contributed by atoms with E-state index in [1.54, 1.807) is 11.3 Å². The third kappa shape index (κ3) is 3.78. The van der Waals surface area contributed by atoms with Gasteiger partial charge in [0, 0.05) is 6.42 Å². The van der Waals surface area contributed by atoms with Gasteiger partial charge >= 0.3 is 0 Å². The first-order chi connectivity index (χ1) is 7.29. The summed E-state index contributed by atoms with van der Waals surface area (Å²) in [6.45, 7) is 4.30. The van der Waals surface area contributed by atoms with Crippen molar-refractivity contribution in [2.45, 2.75) is 52.4 Å². The molecule has 0 aliphatic heterocycles. The summed E-state index contributed by atoms with van der Waals surface area (Å²) in [6.07, 6.45) is 6.42. The number of ketones is 1. The van der Waals surface area contributed by atoms with Gasteiger partial charge in [0.25, 0.3) is 0 Å². The van der Waals surface area contributed by atoms with E-state index in [1.807, 2.05) is 5.38 Å². The van der Waals surface area contributed by atoms with Crippen molar-refractivity contribution in [3.8, 4) is 0 Å². The lowest BCUT2D eigenvalue weighted by Gasteiger charge is -2.00. The summed E-state index contributed by atoms with van der Waals surface area (Å²) in [5.74, 6) is 0.345. The highest BCUT2D eigenvalue weighted by Gasteiger charge is 2.10. The molecule has 84 valence electrons. The molecular formula is C13H20OS. The molecule has 0 saturated heterocycles. The number of hydrogen-bond acceptors (Lipinski definition) is 2. The second kappa shape index (κ2) is 6.78. The fraction of sp³-hybridized carbons (Fsp3) is 0.615. The average molecular weight is 224 g/mol. The zero-order valence-electron chi connectivity index (χ0n) is 9.71. The van der Waals surface area contributed by atoms with Gasteiger partial charge in [0.05, 0.1) is 4.88 Å². The summed E-state index contributed by atoms with van der Waals surface area (Å²) in [6, 6.07) is 2.07. The van der Waals surface area contributed by atoms with Crippen LogP contribution in [-0.2, 0) is 6.42 Å². The monoisotopic (exact) mass is 224 g/mol. The minimum absolute atomic E-state index is 0.345. The van der Waals surface area contributed by atoms with E-state index in [9.17, 15) is 4.79 Å². The number of carbonyl (C=O) groups is 1. The Morgan fingerprint density at radius 3 is 2.73 bits per heavy atom. The van der Waals surface area contributed by atoms with Gasteiger partial charge in [-0.05, 0) is 29.9 Å². The molecule has 1 rings (SSSR count). The van der Waals surface area contributed by atoms with E-state index in [1.165, 1.54) is 24.8 Å². The van der Waals surface area contributed by atoms with Crippen molar-refractivity contribution in [2.24, 2.45) is 0 Å². The topological polar surface area (TPSA) is 17.1 Å². The smallest absolute Gasteiger partial charge is 0.173 e. The van der Waals surface area contributed by atoms with E-state index in [2.05, 4.69) is 19.9 Å². The Bertz CT molecular complexity index is 301. The molecule has 0 atom stereocenters. The second-order valence-electron chi connectivity index (χ2n) is 3.86. The van der Waals surface area contributed by atoms with Gasteiger partial charge in [0.2, 0.25) is 0 Å². The van der Waals surface area contributed by atoms with E-state index < -0.39 is 0 Å². The first kappa shape index (κ1) is 12.4. The summed E-state index contributed by atoms with van der Waals surface area (Å²) in [4.78, 5) is 12.9. The minimum Gasteiger partial charge on any atom is -0.293 e. The molecule has 0 spiro atoms. The number of aryl methyl sites for hydroxylation is 1. The molecule has 0 aromatic carbocycles. The van der Waals surface area contributed by atoms with Gasteiger partial charge < -0.3 is 0 Å². The molecule has 0 aliphatic carbocycles. The van der Waals surface area contributed by atoms with Gasteiger partial charge in [0.15, 0.2) is 5.78 Å². The SMILES string of the molecule is CCCCCCC(=O)c1sccc1CC. The molecule has 0 aliphatic rings. The molecule has 0 unspecified atom stereocenters. The zero-order valence-corrected chi connectivity index (χ0v) is 10.5. The summed E-state index contributed by atoms with van der Waals surface area (Å²) in [7, 11) is 0. The van der Waals surface area contributed by atoms with E-state index in [0.717, 1.165) is 24.1 Å². The van der Waals surface area contributed by atoms with Crippen LogP contribution < -0.4 is 0 Å². The van der Waals surface area contributed by atoms with Crippen LogP contribution in [0.1, 0.15) is 61.2 Å². The van der Waals surface area contributed by atoms with E-state index in [-0.39, 0.29) is 0 Å². The molecule has 0 saturated carbocycles. The van der Waals surface area contributed by atoms with Crippen molar-refractivity contribution in [1.29, 1.82) is 0 Å². The Labute approximate surface area is 96.5 Å². The van der Waals surface area contributed by atoms with E-state index >= 15 is 0 Å². The number of unbranched alkanes of at least 4 members (excludes halogenated alkanes) is 3. The lowest BCUT2D eigenvalue weighted by molar-refractivity contribution is 0.0982. The van der Waals surface area contributed by atoms with Crippen LogP contribution in [0, 0.1) is 0 Å². The van der Waals surface area contributed by atoms with Gasteiger partial charge in [0.1, 0.15) is 0 Å². The van der Waals surface area contributed by atoms with Crippen LogP contribution in [0.2, 0.25) is 0 Å². The zero-order chi connectivity index (χ0) is 11.1. The lowest BCUT2D eigenvalue weighted by Crippen LogP contribution is -1.99. The van der Waals surface area contributed by atoms with Crippen LogP contribution in [0.4, 0.5) is 0 Å². The molecule has 0 N–H and O–H groups in total. The van der Waals surface area contributed by atoms with Crippen molar-refractivity contribution in [1.82, 2.24) is 0 Å². The normalized spacial score (nSPS) is 10.5. The van der Waals surface area contributed by atoms with Crippen LogP contribution >= 0.6 is 11.3 Å². The van der Waals surface area contributed by atoms with Gasteiger partial charge in [-0.15, -0.1) is 11.3 Å². The molecule has 2 heteroatoms. The van der Waals surface area contributed by atoms with Gasteiger partial charge in [-0.3, -0.25) is 4.79 Å². The molecule has 0 amide bonds. The quantitative estimate of drug-likeness (QED) is 0.493. The molecule has 0 bridgehead atoms. The van der Waals surface area contributed by atoms with Crippen molar-refractivity contribution < 1.29 is 4.79 Å². The Balaban J connectivity index is 2.40. The molecule has 1 nitrogen and oxygen atoms in total. The third-order valence-electron chi connectivity index (χ3n) is 2.64. The third-order valence-corrected chi connectivity index (χ3v) is 3.64. The standard InChI is InChI=1S/C13H20OS/c1-3-5-6-7-8-12(14)13-11(4-2)9-10-15-13/h9-10H,3-8H2,1-2H3. The number of thiophene rings is 1. The minimum atomic E-state index is 0.345. The Morgan fingerprint density at radius 1 is 1.27 bits per heavy atom. The van der Waals surface area contributed by atoms with Crippen molar-refractivity contribution >= 4 is 17.1 Å². The Morgan fingerprint density at radius 2 is 2.07 bits per heavy atom. The molecule has 15 heavy (non-hydrogen) atoms. The largest absolute Gasteiger partial charge is 0.293 e. The molecule has 0 radical (unpaired) electrons. The Hall–Kier alpha value is -0.630. The highest BCUT2D eigenvalue weighted by molar-refractivity contribution is 7.12. The number of Topliss-reactive ketones (excluding diaryl/α,β-unsaturated/α-hetero) is 1. The van der Waals surface area contributed by atoms with Gasteiger partial charge in [-0.2, -0.15) is 0 Å². The van der Waals surface area contributed by atoms with Crippen molar-refractivity contribution in [2.75, 3.05) is 0 Å². The second-order valence-corrected chi connectivity index (χ2v) is 4.78. The molecular weight excluding hydrogens is 204 g/mol. The lowest BCUT2D eigenvalue weighted by atomic mass is 10.1. The maximum absolute atomic E-state index is 11.9. The maximum Gasteiger partial charge on any atom is 0.173 e. The predicted molar refractivity (Wildman–Crippen MR) is 66.8 cm³/mol. The first-order valence-electron chi connectivity index (χ1n) is 5.89. The first-order valence-corrected chi connectivity index (χ1v) is 6.77. The van der Waals surface area contributed by atoms with E-state index in [0.29, 0.717) is 5.78 Å². The summed E-state index contributed by atoms with van der Waals surface area (Å²) >= 11 is 1.60. The summed E-state index contributed by atoms with van der Waals surface area (Å²) in [5.41, 5.74) is 1.22. The highest BCUT2D eigenvalue weighted by atomic mass is 32.1. The average Bonchev–Trinajstić information content (AvgIpc) is 2.72. The Kier molecular flexibility index (Phi) is 5.62. The molecule has 1 aromatic heterocycles. The maximum atomic E-state index is 11.9. The number of rotatable bonds is 7. The fourth-order valence-corrected chi connectivity index (χ4v) is 2.65. The number of carbonyl (C=O) groups excluding carboxylic acids is 1. The van der Waals surface area contributed by atoms with Crippen molar-refractivity contribution in [3.05, 3.63) is 21.9 Å². The van der Waals surface area contributed by atoms with Crippen molar-refractivity contribution in [3.63, 3.8) is 0 Å². The van der Waals surface area contributed by atoms with Crippen LogP contribution in [-0.4, -0.2) is 5.78 Å². The van der Waals surface area contributed by atoms with Crippen LogP contribution in [0.5, 0.6) is 0 Å². The molecule has 1 heterocycles.